The zero-order valence-corrected chi connectivity index (χ0v) is 17.5. The summed E-state index contributed by atoms with van der Waals surface area (Å²) in [6, 6.07) is 24.2. The predicted molar refractivity (Wildman–Crippen MR) is 128 cm³/mol. The molecule has 2 aromatic heterocycles. The molecule has 0 saturated heterocycles. The molecular formula is C28H23NS. The molecule has 3 aromatic carbocycles. The van der Waals surface area contributed by atoms with Crippen molar-refractivity contribution in [3.05, 3.63) is 101 Å². The molecule has 1 aliphatic carbocycles. The van der Waals surface area contributed by atoms with Crippen molar-refractivity contribution in [2.45, 2.75) is 32.1 Å². The van der Waals surface area contributed by atoms with Crippen LogP contribution >= 0.6 is 11.3 Å². The van der Waals surface area contributed by atoms with Crippen LogP contribution in [-0.2, 0) is 19.2 Å². The molecule has 0 atom stereocenters. The van der Waals surface area contributed by atoms with Crippen molar-refractivity contribution < 1.29 is 2.74 Å². The summed E-state index contributed by atoms with van der Waals surface area (Å²) in [4.78, 5) is 4.60. The predicted octanol–water partition coefficient (Wildman–Crippen LogP) is 7.59. The maximum atomic E-state index is 8.71. The van der Waals surface area contributed by atoms with E-state index in [4.69, 9.17) is 2.74 Å². The average Bonchev–Trinajstić information content (AvgIpc) is 3.23. The van der Waals surface area contributed by atoms with Crippen LogP contribution in [-0.4, -0.2) is 4.98 Å². The molecule has 0 spiro atoms. The summed E-state index contributed by atoms with van der Waals surface area (Å²) < 4.78 is 20.2. The molecule has 2 heteroatoms. The molecule has 0 aliphatic heterocycles. The zero-order valence-electron chi connectivity index (χ0n) is 18.7. The minimum absolute atomic E-state index is 0.623. The third-order valence-electron chi connectivity index (χ3n) is 6.08. The number of aromatic nitrogens is 1. The maximum absolute atomic E-state index is 8.71. The monoisotopic (exact) mass is 407 g/mol. The number of aryl methyl sites for hydroxylation is 2. The quantitative estimate of drug-likeness (QED) is 0.300. The van der Waals surface area contributed by atoms with Gasteiger partial charge in [0.05, 0.1) is 5.69 Å². The van der Waals surface area contributed by atoms with Crippen molar-refractivity contribution in [1.29, 1.82) is 0 Å². The number of pyridine rings is 1. The number of fused-ring (bicyclic) bond motifs is 5. The minimum Gasteiger partial charge on any atom is -0.256 e. The van der Waals surface area contributed by atoms with Crippen molar-refractivity contribution in [3.8, 4) is 11.3 Å². The van der Waals surface area contributed by atoms with Gasteiger partial charge in [0.2, 0.25) is 0 Å². The van der Waals surface area contributed by atoms with Gasteiger partial charge in [0, 0.05) is 34.7 Å². The van der Waals surface area contributed by atoms with Gasteiger partial charge in [-0.05, 0) is 78.6 Å². The Bertz CT molecular complexity index is 1450. The summed E-state index contributed by atoms with van der Waals surface area (Å²) >= 11 is 1.90. The zero-order chi connectivity index (χ0) is 21.7. The summed E-state index contributed by atoms with van der Waals surface area (Å²) in [5, 5.41) is 2.61. The van der Waals surface area contributed by atoms with Crippen LogP contribution in [0.1, 0.15) is 37.8 Å². The Balaban J connectivity index is 1.46. The van der Waals surface area contributed by atoms with Gasteiger partial charge in [-0.1, -0.05) is 48.5 Å². The summed E-state index contributed by atoms with van der Waals surface area (Å²) in [7, 11) is 0. The highest BCUT2D eigenvalue weighted by molar-refractivity contribution is 7.26. The fourth-order valence-corrected chi connectivity index (χ4v) is 5.86. The molecule has 1 nitrogen and oxygen atoms in total. The lowest BCUT2D eigenvalue weighted by atomic mass is 9.90. The largest absolute Gasteiger partial charge is 0.256 e. The Hall–Kier alpha value is -2.97. The number of hydrogen-bond acceptors (Lipinski definition) is 2. The van der Waals surface area contributed by atoms with Crippen LogP contribution in [0.5, 0.6) is 0 Å². The molecule has 0 bridgehead atoms. The van der Waals surface area contributed by atoms with Crippen molar-refractivity contribution in [2.75, 3.05) is 0 Å². The SMILES string of the molecule is [2H]C([2H])(c1ccccc1)c1ccnc(-c2ccc3sc4c5c(ccc4c3c2)CCCC5)c1. The van der Waals surface area contributed by atoms with Crippen LogP contribution in [0.25, 0.3) is 31.4 Å². The number of benzene rings is 3. The van der Waals surface area contributed by atoms with E-state index in [2.05, 4.69) is 35.3 Å². The fourth-order valence-electron chi connectivity index (χ4n) is 4.58. The highest BCUT2D eigenvalue weighted by atomic mass is 32.1. The number of rotatable bonds is 3. The van der Waals surface area contributed by atoms with Gasteiger partial charge in [-0.25, -0.2) is 0 Å². The van der Waals surface area contributed by atoms with Gasteiger partial charge in [-0.2, -0.15) is 0 Å². The Kier molecular flexibility index (Phi) is 3.89. The lowest BCUT2D eigenvalue weighted by Crippen LogP contribution is -2.01. The number of thiophene rings is 1. The van der Waals surface area contributed by atoms with E-state index in [9.17, 15) is 0 Å². The lowest BCUT2D eigenvalue weighted by molar-refractivity contribution is 0.691. The van der Waals surface area contributed by atoms with Crippen LogP contribution in [0.2, 0.25) is 0 Å². The van der Waals surface area contributed by atoms with E-state index in [-0.39, 0.29) is 0 Å². The van der Waals surface area contributed by atoms with E-state index in [1.165, 1.54) is 51.4 Å². The molecule has 0 saturated carbocycles. The second kappa shape index (κ2) is 7.37. The first-order valence-corrected chi connectivity index (χ1v) is 11.4. The van der Waals surface area contributed by atoms with E-state index in [0.29, 0.717) is 11.1 Å². The van der Waals surface area contributed by atoms with Crippen LogP contribution in [0, 0.1) is 0 Å². The molecule has 146 valence electrons. The average molecular weight is 408 g/mol. The maximum Gasteiger partial charge on any atom is 0.0705 e. The molecule has 0 N–H and O–H groups in total. The Labute approximate surface area is 183 Å². The molecule has 0 amide bonds. The third kappa shape index (κ3) is 3.12. The first-order chi connectivity index (χ1) is 15.6. The Morgan fingerprint density at radius 2 is 1.73 bits per heavy atom. The highest BCUT2D eigenvalue weighted by Crippen LogP contribution is 2.40. The van der Waals surface area contributed by atoms with Crippen LogP contribution < -0.4 is 0 Å². The molecule has 5 aromatic rings. The summed E-state index contributed by atoms with van der Waals surface area (Å²) in [5.74, 6) is 0. The van der Waals surface area contributed by atoms with E-state index in [1.54, 1.807) is 17.8 Å². The summed E-state index contributed by atoms with van der Waals surface area (Å²) in [6.45, 7) is 0. The van der Waals surface area contributed by atoms with E-state index < -0.39 is 6.37 Å². The van der Waals surface area contributed by atoms with E-state index >= 15 is 0 Å². The topological polar surface area (TPSA) is 12.9 Å². The van der Waals surface area contributed by atoms with Gasteiger partial charge in [0.1, 0.15) is 0 Å². The second-order valence-corrected chi connectivity index (χ2v) is 9.07. The van der Waals surface area contributed by atoms with Crippen molar-refractivity contribution in [1.82, 2.24) is 4.98 Å². The highest BCUT2D eigenvalue weighted by Gasteiger charge is 2.16. The van der Waals surface area contributed by atoms with Crippen LogP contribution in [0.3, 0.4) is 0 Å². The first kappa shape index (κ1) is 15.8. The molecule has 6 rings (SSSR count). The molecule has 1 aliphatic rings. The van der Waals surface area contributed by atoms with Crippen molar-refractivity contribution in [2.24, 2.45) is 0 Å². The molecule has 2 heterocycles. The summed E-state index contributed by atoms with van der Waals surface area (Å²) in [6.07, 6.45) is 5.11. The molecule has 0 radical (unpaired) electrons. The Morgan fingerprint density at radius 3 is 2.67 bits per heavy atom. The van der Waals surface area contributed by atoms with Crippen LogP contribution in [0.4, 0.5) is 0 Å². The van der Waals surface area contributed by atoms with Gasteiger partial charge in [0.25, 0.3) is 0 Å². The molecule has 30 heavy (non-hydrogen) atoms. The molecule has 0 unspecified atom stereocenters. The van der Waals surface area contributed by atoms with Gasteiger partial charge in [-0.3, -0.25) is 4.98 Å². The van der Waals surface area contributed by atoms with Gasteiger partial charge < -0.3 is 0 Å². The normalized spacial score (nSPS) is 15.1. The fraction of sp³-hybridized carbons (Fsp3) is 0.179. The minimum atomic E-state index is -1.57. The molecular weight excluding hydrogens is 382 g/mol. The van der Waals surface area contributed by atoms with E-state index in [1.807, 2.05) is 47.7 Å². The lowest BCUT2D eigenvalue weighted by Gasteiger charge is -2.15. The van der Waals surface area contributed by atoms with Gasteiger partial charge in [0.15, 0.2) is 0 Å². The van der Waals surface area contributed by atoms with E-state index in [0.717, 1.165) is 11.3 Å². The summed E-state index contributed by atoms with van der Waals surface area (Å²) in [5.41, 5.74) is 6.18. The standard InChI is InChI=1S/C28H23NS/c1-2-6-19(7-3-1)16-20-14-15-29-26(17-20)22-11-13-27-25(18-22)24-12-10-21-8-4-5-9-23(21)28(24)30-27/h1-3,6-7,10-15,17-18H,4-5,8-9,16H2/i16D2. The number of hydrogen-bond donors (Lipinski definition) is 0. The first-order valence-electron chi connectivity index (χ1n) is 11.6. The van der Waals surface area contributed by atoms with Crippen molar-refractivity contribution in [3.63, 3.8) is 0 Å². The number of nitrogens with zero attached hydrogens (tertiary/aromatic N) is 1. The van der Waals surface area contributed by atoms with Gasteiger partial charge >= 0.3 is 0 Å². The Morgan fingerprint density at radius 1 is 0.833 bits per heavy atom. The van der Waals surface area contributed by atoms with Crippen molar-refractivity contribution >= 4 is 31.5 Å². The smallest absolute Gasteiger partial charge is 0.0705 e. The van der Waals surface area contributed by atoms with Gasteiger partial charge in [-0.15, -0.1) is 11.3 Å². The second-order valence-electron chi connectivity index (χ2n) is 8.02. The molecule has 0 fully saturated rings. The van der Waals surface area contributed by atoms with Crippen LogP contribution in [0.15, 0.2) is 79.0 Å². The third-order valence-corrected chi connectivity index (χ3v) is 7.33.